The van der Waals surface area contributed by atoms with Crippen molar-refractivity contribution >= 4 is 39.3 Å². The number of halogens is 1. The van der Waals surface area contributed by atoms with Crippen molar-refractivity contribution in [2.75, 3.05) is 11.9 Å². The molecule has 0 aromatic heterocycles. The predicted octanol–water partition coefficient (Wildman–Crippen LogP) is 2.89. The topological polar surface area (TPSA) is 66.5 Å². The Morgan fingerprint density at radius 3 is 2.44 bits per heavy atom. The zero-order chi connectivity index (χ0) is 17.7. The van der Waals surface area contributed by atoms with Crippen molar-refractivity contribution in [2.24, 2.45) is 23.7 Å². The summed E-state index contributed by atoms with van der Waals surface area (Å²) in [6.07, 6.45) is 5.19. The minimum absolute atomic E-state index is 0.0980. The SMILES string of the molecule is Cc1cc(NC(=O)CCN2C(=O)[C@@H]3[C@H](C2=O)[C@H]2C=C[C@H]3C2)ccc1Br. The second-order valence-corrected chi connectivity index (χ2v) is 7.94. The number of amides is 3. The third-order valence-corrected chi connectivity index (χ3v) is 6.46. The maximum Gasteiger partial charge on any atom is 0.233 e. The first-order valence-corrected chi connectivity index (χ1v) is 9.34. The van der Waals surface area contributed by atoms with Gasteiger partial charge in [-0.15, -0.1) is 0 Å². The van der Waals surface area contributed by atoms with Crippen molar-refractivity contribution in [1.29, 1.82) is 0 Å². The minimum Gasteiger partial charge on any atom is -0.326 e. The van der Waals surface area contributed by atoms with Crippen LogP contribution in [0.25, 0.3) is 0 Å². The number of hydrogen-bond acceptors (Lipinski definition) is 3. The zero-order valence-electron chi connectivity index (χ0n) is 13.9. The molecule has 1 N–H and O–H groups in total. The van der Waals surface area contributed by atoms with E-state index in [-0.39, 0.29) is 54.4 Å². The van der Waals surface area contributed by atoms with Crippen LogP contribution in [0.1, 0.15) is 18.4 Å². The number of benzene rings is 1. The lowest BCUT2D eigenvalue weighted by Gasteiger charge is -2.17. The molecule has 2 fully saturated rings. The van der Waals surface area contributed by atoms with Gasteiger partial charge in [0.25, 0.3) is 0 Å². The quantitative estimate of drug-likeness (QED) is 0.621. The number of fused-ring (bicyclic) bond motifs is 5. The van der Waals surface area contributed by atoms with Crippen molar-refractivity contribution in [3.8, 4) is 0 Å². The summed E-state index contributed by atoms with van der Waals surface area (Å²) in [7, 11) is 0. The molecule has 3 aliphatic rings. The first-order valence-electron chi connectivity index (χ1n) is 8.55. The average molecular weight is 403 g/mol. The molecule has 1 aromatic carbocycles. The number of likely N-dealkylation sites (tertiary alicyclic amines) is 1. The molecular weight excluding hydrogens is 384 g/mol. The highest BCUT2D eigenvalue weighted by molar-refractivity contribution is 9.10. The first-order chi connectivity index (χ1) is 12.0. The van der Waals surface area contributed by atoms with Crippen molar-refractivity contribution in [3.05, 3.63) is 40.4 Å². The van der Waals surface area contributed by atoms with E-state index in [0.717, 1.165) is 16.5 Å². The lowest BCUT2D eigenvalue weighted by Crippen LogP contribution is -2.35. The molecule has 5 nitrogen and oxygen atoms in total. The standard InChI is InChI=1S/C19H19BrN2O3/c1-10-8-13(4-5-14(10)20)21-15(23)6-7-22-18(24)16-11-2-3-12(9-11)17(16)19(22)25/h2-5,8,11-12,16-17H,6-7,9H2,1H3,(H,21,23)/t11-,12-,16-,17+/m0/s1. The summed E-state index contributed by atoms with van der Waals surface area (Å²) < 4.78 is 0.980. The highest BCUT2D eigenvalue weighted by Crippen LogP contribution is 2.52. The van der Waals surface area contributed by atoms with E-state index in [4.69, 9.17) is 0 Å². The Morgan fingerprint density at radius 1 is 1.20 bits per heavy atom. The highest BCUT2D eigenvalue weighted by Gasteiger charge is 2.58. The maximum atomic E-state index is 12.6. The van der Waals surface area contributed by atoms with Gasteiger partial charge in [-0.3, -0.25) is 19.3 Å². The number of nitrogens with one attached hydrogen (secondary N) is 1. The van der Waals surface area contributed by atoms with Gasteiger partial charge in [0, 0.05) is 23.1 Å². The monoisotopic (exact) mass is 402 g/mol. The van der Waals surface area contributed by atoms with E-state index >= 15 is 0 Å². The molecule has 4 atom stereocenters. The summed E-state index contributed by atoms with van der Waals surface area (Å²) in [6, 6.07) is 5.57. The summed E-state index contributed by atoms with van der Waals surface area (Å²) in [6.45, 7) is 2.11. The van der Waals surface area contributed by atoms with E-state index in [9.17, 15) is 14.4 Å². The van der Waals surface area contributed by atoms with Gasteiger partial charge in [-0.1, -0.05) is 28.1 Å². The smallest absolute Gasteiger partial charge is 0.233 e. The Labute approximate surface area is 154 Å². The predicted molar refractivity (Wildman–Crippen MR) is 96.6 cm³/mol. The molecule has 2 bridgehead atoms. The largest absolute Gasteiger partial charge is 0.326 e. The molecule has 1 aromatic rings. The van der Waals surface area contributed by atoms with Gasteiger partial charge >= 0.3 is 0 Å². The van der Waals surface area contributed by atoms with Crippen LogP contribution in [0, 0.1) is 30.6 Å². The van der Waals surface area contributed by atoms with Crippen LogP contribution < -0.4 is 5.32 Å². The number of rotatable bonds is 4. The Balaban J connectivity index is 1.37. The fourth-order valence-corrected chi connectivity index (χ4v) is 4.59. The number of hydrogen-bond donors (Lipinski definition) is 1. The lowest BCUT2D eigenvalue weighted by molar-refractivity contribution is -0.140. The molecule has 3 amide bonds. The third-order valence-electron chi connectivity index (χ3n) is 5.57. The van der Waals surface area contributed by atoms with E-state index in [0.29, 0.717) is 5.69 Å². The number of anilines is 1. The molecule has 130 valence electrons. The lowest BCUT2D eigenvalue weighted by atomic mass is 9.85. The van der Waals surface area contributed by atoms with Crippen LogP contribution >= 0.6 is 15.9 Å². The van der Waals surface area contributed by atoms with Gasteiger partial charge in [-0.25, -0.2) is 0 Å². The van der Waals surface area contributed by atoms with Crippen molar-refractivity contribution in [1.82, 2.24) is 4.90 Å². The van der Waals surface area contributed by atoms with Crippen LogP contribution in [0.4, 0.5) is 5.69 Å². The van der Waals surface area contributed by atoms with E-state index in [1.807, 2.05) is 25.1 Å². The number of carbonyl (C=O) groups excluding carboxylic acids is 3. The molecule has 1 aliphatic heterocycles. The van der Waals surface area contributed by atoms with Crippen LogP contribution in [-0.4, -0.2) is 29.2 Å². The van der Waals surface area contributed by atoms with E-state index < -0.39 is 0 Å². The summed E-state index contributed by atoms with van der Waals surface area (Å²) in [5, 5.41) is 2.82. The summed E-state index contributed by atoms with van der Waals surface area (Å²) in [4.78, 5) is 38.6. The summed E-state index contributed by atoms with van der Waals surface area (Å²) >= 11 is 3.42. The molecule has 1 heterocycles. The number of aryl methyl sites for hydroxylation is 1. The number of imide groups is 1. The summed E-state index contributed by atoms with van der Waals surface area (Å²) in [5.74, 6) is -0.370. The first kappa shape index (κ1) is 16.5. The van der Waals surface area contributed by atoms with Gasteiger partial charge in [0.1, 0.15) is 0 Å². The Hall–Kier alpha value is -1.95. The normalized spacial score (nSPS) is 29.4. The maximum absolute atomic E-state index is 12.6. The molecule has 0 unspecified atom stereocenters. The van der Waals surface area contributed by atoms with Crippen LogP contribution in [0.15, 0.2) is 34.8 Å². The number of nitrogens with zero attached hydrogens (tertiary/aromatic N) is 1. The molecule has 0 radical (unpaired) electrons. The Kier molecular flexibility index (Phi) is 4.02. The summed E-state index contributed by atoms with van der Waals surface area (Å²) in [5.41, 5.74) is 1.74. The van der Waals surface area contributed by atoms with Gasteiger partial charge < -0.3 is 5.32 Å². The van der Waals surface area contributed by atoms with Gasteiger partial charge in [0.05, 0.1) is 11.8 Å². The van der Waals surface area contributed by atoms with Crippen LogP contribution in [0.5, 0.6) is 0 Å². The fourth-order valence-electron chi connectivity index (χ4n) is 4.34. The molecule has 25 heavy (non-hydrogen) atoms. The third kappa shape index (κ3) is 2.72. The average Bonchev–Trinajstić information content (AvgIpc) is 3.24. The Morgan fingerprint density at radius 2 is 1.84 bits per heavy atom. The molecule has 2 aliphatic carbocycles. The van der Waals surface area contributed by atoms with Crippen molar-refractivity contribution < 1.29 is 14.4 Å². The van der Waals surface area contributed by atoms with Gasteiger partial charge in [0.2, 0.25) is 17.7 Å². The Bertz CT molecular complexity index is 774. The fraction of sp³-hybridized carbons (Fsp3) is 0.421. The van der Waals surface area contributed by atoms with E-state index in [1.165, 1.54) is 4.90 Å². The van der Waals surface area contributed by atoms with Crippen LogP contribution in [-0.2, 0) is 14.4 Å². The molecular formula is C19H19BrN2O3. The molecule has 6 heteroatoms. The van der Waals surface area contributed by atoms with Crippen LogP contribution in [0.3, 0.4) is 0 Å². The molecule has 4 rings (SSSR count). The minimum atomic E-state index is -0.195. The van der Waals surface area contributed by atoms with Gasteiger partial charge in [0.15, 0.2) is 0 Å². The van der Waals surface area contributed by atoms with Crippen molar-refractivity contribution in [3.63, 3.8) is 0 Å². The van der Waals surface area contributed by atoms with Crippen LogP contribution in [0.2, 0.25) is 0 Å². The van der Waals surface area contributed by atoms with Gasteiger partial charge in [-0.05, 0) is 48.9 Å². The molecule has 1 saturated heterocycles. The number of carbonyl (C=O) groups is 3. The second kappa shape index (κ2) is 6.09. The second-order valence-electron chi connectivity index (χ2n) is 7.09. The molecule has 1 saturated carbocycles. The molecule has 0 spiro atoms. The zero-order valence-corrected chi connectivity index (χ0v) is 15.5. The van der Waals surface area contributed by atoms with E-state index in [1.54, 1.807) is 0 Å². The van der Waals surface area contributed by atoms with Crippen molar-refractivity contribution in [2.45, 2.75) is 19.8 Å². The highest BCUT2D eigenvalue weighted by atomic mass is 79.9. The van der Waals surface area contributed by atoms with Gasteiger partial charge in [-0.2, -0.15) is 0 Å². The van der Waals surface area contributed by atoms with E-state index in [2.05, 4.69) is 33.4 Å². The number of allylic oxidation sites excluding steroid dienone is 2.